The molecule has 1 heterocycles. The van der Waals surface area contributed by atoms with Crippen molar-refractivity contribution in [3.05, 3.63) is 17.5 Å². The van der Waals surface area contributed by atoms with Gasteiger partial charge in [-0.1, -0.05) is 5.16 Å². The lowest BCUT2D eigenvalue weighted by Gasteiger charge is -2.03. The molecule has 1 fully saturated rings. The van der Waals surface area contributed by atoms with Gasteiger partial charge in [0.2, 0.25) is 0 Å². The molecule has 1 aromatic rings. The van der Waals surface area contributed by atoms with Crippen LogP contribution in [-0.4, -0.2) is 36.0 Å². The summed E-state index contributed by atoms with van der Waals surface area (Å²) >= 11 is 0. The van der Waals surface area contributed by atoms with Crippen LogP contribution < -0.4 is 5.32 Å². The minimum atomic E-state index is -1.08. The topological polar surface area (TPSA) is 84.6 Å². The van der Waals surface area contributed by atoms with E-state index in [1.165, 1.54) is 18.9 Å². The van der Waals surface area contributed by atoms with Gasteiger partial charge in [-0.25, -0.2) is 4.79 Å². The number of aromatic carboxylic acids is 1. The SMILES string of the molecule is O=C(O)c1cc(CNCCOCC2CC2)on1. The first-order valence-electron chi connectivity index (χ1n) is 5.73. The third-order valence-electron chi connectivity index (χ3n) is 2.55. The van der Waals surface area contributed by atoms with E-state index in [0.29, 0.717) is 18.9 Å². The third kappa shape index (κ3) is 4.16. The maximum Gasteiger partial charge on any atom is 0.358 e. The van der Waals surface area contributed by atoms with Crippen molar-refractivity contribution in [3.63, 3.8) is 0 Å². The molecule has 0 atom stereocenters. The van der Waals surface area contributed by atoms with Crippen molar-refractivity contribution in [1.82, 2.24) is 10.5 Å². The fourth-order valence-corrected chi connectivity index (χ4v) is 1.39. The molecule has 6 heteroatoms. The van der Waals surface area contributed by atoms with E-state index in [1.807, 2.05) is 0 Å². The lowest BCUT2D eigenvalue weighted by atomic mass is 10.3. The van der Waals surface area contributed by atoms with E-state index in [9.17, 15) is 4.79 Å². The minimum absolute atomic E-state index is 0.0632. The van der Waals surface area contributed by atoms with Crippen LogP contribution in [0.15, 0.2) is 10.6 Å². The standard InChI is InChI=1S/C11H16N2O4/c14-11(15)10-5-9(17-13-10)6-12-3-4-16-7-8-1-2-8/h5,8,12H,1-4,6-7H2,(H,14,15). The summed E-state index contributed by atoms with van der Waals surface area (Å²) in [7, 11) is 0. The van der Waals surface area contributed by atoms with Gasteiger partial charge in [0.15, 0.2) is 11.5 Å². The molecule has 0 radical (unpaired) electrons. The number of aromatic nitrogens is 1. The van der Waals surface area contributed by atoms with Crippen LogP contribution in [0.5, 0.6) is 0 Å². The van der Waals surface area contributed by atoms with Crippen molar-refractivity contribution in [3.8, 4) is 0 Å². The summed E-state index contributed by atoms with van der Waals surface area (Å²) in [6.07, 6.45) is 2.59. The highest BCUT2D eigenvalue weighted by Gasteiger charge is 2.20. The molecular weight excluding hydrogens is 224 g/mol. The largest absolute Gasteiger partial charge is 0.476 e. The van der Waals surface area contributed by atoms with Gasteiger partial charge in [-0.3, -0.25) is 0 Å². The van der Waals surface area contributed by atoms with E-state index in [2.05, 4.69) is 10.5 Å². The second-order valence-corrected chi connectivity index (χ2v) is 4.18. The van der Waals surface area contributed by atoms with E-state index in [-0.39, 0.29) is 5.69 Å². The zero-order valence-corrected chi connectivity index (χ0v) is 9.52. The van der Waals surface area contributed by atoms with Gasteiger partial charge in [-0.15, -0.1) is 0 Å². The highest BCUT2D eigenvalue weighted by Crippen LogP contribution is 2.28. The summed E-state index contributed by atoms with van der Waals surface area (Å²) in [5.74, 6) is 0.222. The number of nitrogens with one attached hydrogen (secondary N) is 1. The molecule has 0 spiro atoms. The van der Waals surface area contributed by atoms with Crippen molar-refractivity contribution in [2.45, 2.75) is 19.4 Å². The second-order valence-electron chi connectivity index (χ2n) is 4.18. The van der Waals surface area contributed by atoms with E-state index in [4.69, 9.17) is 14.4 Å². The Bertz CT molecular complexity index is 373. The fraction of sp³-hybridized carbons (Fsp3) is 0.636. The van der Waals surface area contributed by atoms with Crippen molar-refractivity contribution >= 4 is 5.97 Å². The molecule has 1 aromatic heterocycles. The molecule has 0 saturated heterocycles. The Kier molecular flexibility index (Phi) is 4.11. The molecular formula is C11H16N2O4. The number of carbonyl (C=O) groups is 1. The Morgan fingerprint density at radius 1 is 1.65 bits per heavy atom. The Balaban J connectivity index is 1.55. The Morgan fingerprint density at radius 3 is 3.12 bits per heavy atom. The van der Waals surface area contributed by atoms with Crippen molar-refractivity contribution in [1.29, 1.82) is 0 Å². The van der Waals surface area contributed by atoms with Crippen LogP contribution in [0.3, 0.4) is 0 Å². The molecule has 17 heavy (non-hydrogen) atoms. The Morgan fingerprint density at radius 2 is 2.47 bits per heavy atom. The van der Waals surface area contributed by atoms with Crippen LogP contribution in [0.25, 0.3) is 0 Å². The molecule has 0 unspecified atom stereocenters. The summed E-state index contributed by atoms with van der Waals surface area (Å²) in [4.78, 5) is 10.5. The smallest absolute Gasteiger partial charge is 0.358 e. The number of hydrogen-bond donors (Lipinski definition) is 2. The zero-order chi connectivity index (χ0) is 12.1. The van der Waals surface area contributed by atoms with Crippen LogP contribution in [-0.2, 0) is 11.3 Å². The molecule has 1 aliphatic rings. The zero-order valence-electron chi connectivity index (χ0n) is 9.52. The molecule has 0 bridgehead atoms. The van der Waals surface area contributed by atoms with Gasteiger partial charge >= 0.3 is 5.97 Å². The van der Waals surface area contributed by atoms with Crippen molar-refractivity contribution < 1.29 is 19.2 Å². The van der Waals surface area contributed by atoms with Crippen LogP contribution in [0.4, 0.5) is 0 Å². The quantitative estimate of drug-likeness (QED) is 0.656. The average Bonchev–Trinajstić information content (AvgIpc) is 3.00. The summed E-state index contributed by atoms with van der Waals surface area (Å²) in [5, 5.41) is 15.1. The number of ether oxygens (including phenoxy) is 1. The summed E-state index contributed by atoms with van der Waals surface area (Å²) in [6, 6.07) is 1.42. The predicted octanol–water partition coefficient (Wildman–Crippen LogP) is 0.889. The number of carboxylic acids is 1. The molecule has 94 valence electrons. The number of carboxylic acid groups (broad SMARTS) is 1. The minimum Gasteiger partial charge on any atom is -0.476 e. The molecule has 0 amide bonds. The normalized spacial score (nSPS) is 15.1. The molecule has 1 aliphatic carbocycles. The number of rotatable bonds is 8. The first kappa shape index (κ1) is 12.1. The summed E-state index contributed by atoms with van der Waals surface area (Å²) in [6.45, 7) is 2.70. The summed E-state index contributed by atoms with van der Waals surface area (Å²) < 4.78 is 10.3. The van der Waals surface area contributed by atoms with Crippen molar-refractivity contribution in [2.24, 2.45) is 5.92 Å². The molecule has 0 aliphatic heterocycles. The van der Waals surface area contributed by atoms with E-state index < -0.39 is 5.97 Å². The van der Waals surface area contributed by atoms with Gasteiger partial charge in [0.05, 0.1) is 13.2 Å². The van der Waals surface area contributed by atoms with Gasteiger partial charge in [-0.2, -0.15) is 0 Å². The van der Waals surface area contributed by atoms with Crippen LogP contribution in [0.2, 0.25) is 0 Å². The second kappa shape index (κ2) is 5.79. The Labute approximate surface area is 98.9 Å². The van der Waals surface area contributed by atoms with Gasteiger partial charge in [0, 0.05) is 19.2 Å². The van der Waals surface area contributed by atoms with Crippen LogP contribution in [0.1, 0.15) is 29.1 Å². The summed E-state index contributed by atoms with van der Waals surface area (Å²) in [5.41, 5.74) is -0.0632. The highest BCUT2D eigenvalue weighted by atomic mass is 16.5. The Hall–Kier alpha value is -1.40. The average molecular weight is 240 g/mol. The maximum atomic E-state index is 10.5. The lowest BCUT2D eigenvalue weighted by molar-refractivity contribution is 0.0685. The third-order valence-corrected chi connectivity index (χ3v) is 2.55. The van der Waals surface area contributed by atoms with Gasteiger partial charge < -0.3 is 19.7 Å². The lowest BCUT2D eigenvalue weighted by Crippen LogP contribution is -2.19. The van der Waals surface area contributed by atoms with Gasteiger partial charge in [0.25, 0.3) is 0 Å². The van der Waals surface area contributed by atoms with Gasteiger partial charge in [-0.05, 0) is 18.8 Å². The van der Waals surface area contributed by atoms with Crippen LogP contribution in [0, 0.1) is 5.92 Å². The first-order valence-corrected chi connectivity index (χ1v) is 5.73. The number of nitrogens with zero attached hydrogens (tertiary/aromatic N) is 1. The van der Waals surface area contributed by atoms with E-state index in [0.717, 1.165) is 19.1 Å². The highest BCUT2D eigenvalue weighted by molar-refractivity contribution is 5.85. The van der Waals surface area contributed by atoms with E-state index in [1.54, 1.807) is 0 Å². The van der Waals surface area contributed by atoms with E-state index >= 15 is 0 Å². The maximum absolute atomic E-state index is 10.5. The first-order chi connectivity index (χ1) is 8.25. The molecule has 2 rings (SSSR count). The molecule has 1 saturated carbocycles. The number of hydrogen-bond acceptors (Lipinski definition) is 5. The fourth-order valence-electron chi connectivity index (χ4n) is 1.39. The van der Waals surface area contributed by atoms with Gasteiger partial charge in [0.1, 0.15) is 0 Å². The van der Waals surface area contributed by atoms with Crippen LogP contribution >= 0.6 is 0 Å². The van der Waals surface area contributed by atoms with Crippen molar-refractivity contribution in [2.75, 3.05) is 19.8 Å². The molecule has 0 aromatic carbocycles. The molecule has 2 N–H and O–H groups in total. The predicted molar refractivity (Wildman–Crippen MR) is 58.7 cm³/mol. The monoisotopic (exact) mass is 240 g/mol. The molecule has 6 nitrogen and oxygen atoms in total.